The molecule has 0 aliphatic rings. The molecule has 0 fully saturated rings. The molecule has 0 amide bonds. The van der Waals surface area contributed by atoms with Crippen LogP contribution < -0.4 is 5.32 Å². The highest BCUT2D eigenvalue weighted by Gasteiger charge is 2.35. The Hall–Kier alpha value is -1.33. The minimum atomic E-state index is -4.39. The van der Waals surface area contributed by atoms with Gasteiger partial charge in [-0.05, 0) is 37.2 Å². The van der Waals surface area contributed by atoms with E-state index in [-0.39, 0.29) is 5.56 Å². The Bertz CT molecular complexity index is 620. The first-order valence-corrected chi connectivity index (χ1v) is 7.22. The minimum Gasteiger partial charge on any atom is -0.309 e. The van der Waals surface area contributed by atoms with Gasteiger partial charge in [0.25, 0.3) is 0 Å². The van der Waals surface area contributed by atoms with E-state index >= 15 is 0 Å². The van der Waals surface area contributed by atoms with Gasteiger partial charge < -0.3 is 5.32 Å². The maximum atomic E-state index is 13.3. The van der Waals surface area contributed by atoms with Gasteiger partial charge in [0.2, 0.25) is 0 Å². The molecule has 5 heteroatoms. The third-order valence-electron chi connectivity index (χ3n) is 3.33. The van der Waals surface area contributed by atoms with E-state index in [1.165, 1.54) is 6.07 Å². The zero-order valence-corrected chi connectivity index (χ0v) is 13.2. The number of aryl methyl sites for hydroxylation is 1. The highest BCUT2D eigenvalue weighted by Crippen LogP contribution is 2.38. The van der Waals surface area contributed by atoms with Gasteiger partial charge in [0.05, 0.1) is 11.6 Å². The van der Waals surface area contributed by atoms with Gasteiger partial charge in [0.1, 0.15) is 0 Å². The number of benzene rings is 2. The second kappa shape index (κ2) is 6.20. The second-order valence-corrected chi connectivity index (χ2v) is 5.78. The molecule has 0 aliphatic heterocycles. The fraction of sp³-hybridized carbons (Fsp3) is 0.250. The molecular weight excluding hydrogens is 343 g/mol. The van der Waals surface area contributed by atoms with Crippen molar-refractivity contribution in [2.45, 2.75) is 19.1 Å². The number of nitrogens with one attached hydrogen (secondary N) is 1. The Morgan fingerprint density at radius 3 is 2.19 bits per heavy atom. The Morgan fingerprint density at radius 1 is 1.05 bits per heavy atom. The van der Waals surface area contributed by atoms with Crippen molar-refractivity contribution in [2.24, 2.45) is 0 Å². The molecule has 0 spiro atoms. The number of hydrogen-bond acceptors (Lipinski definition) is 1. The zero-order chi connectivity index (χ0) is 15.6. The lowest BCUT2D eigenvalue weighted by Gasteiger charge is -2.22. The van der Waals surface area contributed by atoms with Crippen LogP contribution >= 0.6 is 15.9 Å². The summed E-state index contributed by atoms with van der Waals surface area (Å²) in [6.45, 7) is 1.94. The van der Waals surface area contributed by atoms with Crippen LogP contribution in [0.2, 0.25) is 0 Å². The first kappa shape index (κ1) is 16.0. The van der Waals surface area contributed by atoms with Crippen LogP contribution in [0.4, 0.5) is 13.2 Å². The molecular formula is C16H15BrF3N. The normalized spacial score (nSPS) is 13.2. The van der Waals surface area contributed by atoms with E-state index in [0.29, 0.717) is 4.47 Å². The number of halogens is 4. The molecule has 1 N–H and O–H groups in total. The second-order valence-electron chi connectivity index (χ2n) is 4.86. The van der Waals surface area contributed by atoms with Crippen molar-refractivity contribution in [3.63, 3.8) is 0 Å². The van der Waals surface area contributed by atoms with Crippen LogP contribution in [0.3, 0.4) is 0 Å². The van der Waals surface area contributed by atoms with Crippen LogP contribution in [-0.2, 0) is 6.18 Å². The first-order valence-electron chi connectivity index (χ1n) is 6.43. The summed E-state index contributed by atoms with van der Waals surface area (Å²) in [5, 5.41) is 2.97. The molecule has 2 rings (SSSR count). The van der Waals surface area contributed by atoms with Crippen LogP contribution in [0.25, 0.3) is 0 Å². The summed E-state index contributed by atoms with van der Waals surface area (Å²) in [5.74, 6) is 0. The molecule has 0 aliphatic carbocycles. The molecule has 2 aromatic carbocycles. The molecule has 0 aromatic heterocycles. The van der Waals surface area contributed by atoms with Gasteiger partial charge in [-0.15, -0.1) is 0 Å². The average molecular weight is 358 g/mol. The van der Waals surface area contributed by atoms with Crippen LogP contribution in [0.5, 0.6) is 0 Å². The molecule has 0 saturated carbocycles. The van der Waals surface area contributed by atoms with Crippen molar-refractivity contribution >= 4 is 15.9 Å². The van der Waals surface area contributed by atoms with Crippen molar-refractivity contribution in [2.75, 3.05) is 7.05 Å². The summed E-state index contributed by atoms with van der Waals surface area (Å²) in [7, 11) is 1.66. The van der Waals surface area contributed by atoms with Crippen LogP contribution in [0.15, 0.2) is 46.9 Å². The molecule has 0 heterocycles. The lowest BCUT2D eigenvalue weighted by Crippen LogP contribution is -2.22. The monoisotopic (exact) mass is 357 g/mol. The van der Waals surface area contributed by atoms with Gasteiger partial charge in [-0.1, -0.05) is 51.8 Å². The van der Waals surface area contributed by atoms with Crippen LogP contribution in [0.1, 0.15) is 28.3 Å². The van der Waals surface area contributed by atoms with Crippen molar-refractivity contribution in [3.8, 4) is 0 Å². The molecule has 112 valence electrons. The number of rotatable bonds is 3. The van der Waals surface area contributed by atoms with Crippen LogP contribution in [-0.4, -0.2) is 7.05 Å². The van der Waals surface area contributed by atoms with E-state index in [0.717, 1.165) is 17.2 Å². The Balaban J connectivity index is 2.55. The summed E-state index contributed by atoms with van der Waals surface area (Å²) in [5.41, 5.74) is 1.46. The minimum absolute atomic E-state index is 0.219. The fourth-order valence-corrected chi connectivity index (χ4v) is 2.65. The van der Waals surface area contributed by atoms with Crippen LogP contribution in [0, 0.1) is 6.92 Å². The van der Waals surface area contributed by atoms with E-state index in [1.807, 2.05) is 31.2 Å². The molecule has 0 saturated heterocycles. The van der Waals surface area contributed by atoms with E-state index in [2.05, 4.69) is 21.2 Å². The van der Waals surface area contributed by atoms with Gasteiger partial charge >= 0.3 is 6.18 Å². The van der Waals surface area contributed by atoms with Crippen molar-refractivity contribution in [1.82, 2.24) is 5.32 Å². The highest BCUT2D eigenvalue weighted by atomic mass is 79.9. The van der Waals surface area contributed by atoms with E-state index in [1.54, 1.807) is 13.1 Å². The lowest BCUT2D eigenvalue weighted by molar-refractivity contribution is -0.138. The van der Waals surface area contributed by atoms with Gasteiger partial charge in [-0.2, -0.15) is 13.2 Å². The molecule has 1 nitrogen and oxygen atoms in total. The maximum Gasteiger partial charge on any atom is 0.416 e. The first-order chi connectivity index (χ1) is 9.82. The van der Waals surface area contributed by atoms with E-state index < -0.39 is 17.8 Å². The number of alkyl halides is 3. The predicted molar refractivity (Wildman–Crippen MR) is 81.2 cm³/mol. The molecule has 21 heavy (non-hydrogen) atoms. The largest absolute Gasteiger partial charge is 0.416 e. The summed E-state index contributed by atoms with van der Waals surface area (Å²) in [4.78, 5) is 0. The Morgan fingerprint density at radius 2 is 1.67 bits per heavy atom. The molecule has 2 aromatic rings. The van der Waals surface area contributed by atoms with Gasteiger partial charge in [0, 0.05) is 4.47 Å². The van der Waals surface area contributed by atoms with Gasteiger partial charge in [-0.25, -0.2) is 0 Å². The Kier molecular flexibility index (Phi) is 4.74. The maximum absolute atomic E-state index is 13.3. The van der Waals surface area contributed by atoms with Crippen molar-refractivity contribution < 1.29 is 13.2 Å². The lowest BCUT2D eigenvalue weighted by atomic mass is 9.94. The highest BCUT2D eigenvalue weighted by molar-refractivity contribution is 9.10. The van der Waals surface area contributed by atoms with Gasteiger partial charge in [0.15, 0.2) is 0 Å². The third kappa shape index (κ3) is 3.66. The standard InChI is InChI=1S/C16H15BrF3N/c1-10-3-5-11(6-4-10)15(21-2)13-8-7-12(17)9-14(13)16(18,19)20/h3-9,15,21H,1-2H3. The number of hydrogen-bond donors (Lipinski definition) is 1. The average Bonchev–Trinajstić information content (AvgIpc) is 2.42. The molecule has 1 unspecified atom stereocenters. The molecule has 0 radical (unpaired) electrons. The SMILES string of the molecule is CNC(c1ccc(C)cc1)c1ccc(Br)cc1C(F)(F)F. The van der Waals surface area contributed by atoms with Crippen molar-refractivity contribution in [3.05, 3.63) is 69.2 Å². The topological polar surface area (TPSA) is 12.0 Å². The van der Waals surface area contributed by atoms with Gasteiger partial charge in [-0.3, -0.25) is 0 Å². The third-order valence-corrected chi connectivity index (χ3v) is 3.82. The van der Waals surface area contributed by atoms with E-state index in [9.17, 15) is 13.2 Å². The Labute approximate surface area is 130 Å². The fourth-order valence-electron chi connectivity index (χ4n) is 2.29. The summed E-state index contributed by atoms with van der Waals surface area (Å²) >= 11 is 3.11. The zero-order valence-electron chi connectivity index (χ0n) is 11.6. The quantitative estimate of drug-likeness (QED) is 0.806. The predicted octanol–water partition coefficient (Wildman–Crippen LogP) is 5.09. The van der Waals surface area contributed by atoms with E-state index in [4.69, 9.17) is 0 Å². The summed E-state index contributed by atoms with van der Waals surface area (Å²) in [6, 6.07) is 11.2. The van der Waals surface area contributed by atoms with Crippen molar-refractivity contribution in [1.29, 1.82) is 0 Å². The smallest absolute Gasteiger partial charge is 0.309 e. The summed E-state index contributed by atoms with van der Waals surface area (Å²) in [6.07, 6.45) is -4.39. The molecule has 1 atom stereocenters. The molecule has 0 bridgehead atoms. The summed E-state index contributed by atoms with van der Waals surface area (Å²) < 4.78 is 40.2.